The first-order valence-corrected chi connectivity index (χ1v) is 7.47. The molecule has 4 N–H and O–H groups in total. The van der Waals surface area contributed by atoms with Crippen molar-refractivity contribution in [3.05, 3.63) is 17.5 Å². The molecule has 108 valence electrons. The van der Waals surface area contributed by atoms with Crippen LogP contribution in [0.25, 0.3) is 21.5 Å². The van der Waals surface area contributed by atoms with Gasteiger partial charge in [0.25, 0.3) is 0 Å². The van der Waals surface area contributed by atoms with Crippen LogP contribution in [0.15, 0.2) is 17.5 Å². The van der Waals surface area contributed by atoms with Gasteiger partial charge in [-0.1, -0.05) is 11.3 Å². The number of fused-ring (bicyclic) bond motifs is 1. The van der Waals surface area contributed by atoms with Gasteiger partial charge < -0.3 is 15.6 Å². The Morgan fingerprint density at radius 3 is 2.86 bits per heavy atom. The summed E-state index contributed by atoms with van der Waals surface area (Å²) in [6.45, 7) is 0. The Bertz CT molecular complexity index is 827. The fraction of sp³-hybridized carbons (Fsp3) is 0.0833. The number of aromatic nitrogens is 2. The fourth-order valence-electron chi connectivity index (χ4n) is 1.91. The van der Waals surface area contributed by atoms with Crippen molar-refractivity contribution in [3.63, 3.8) is 0 Å². The van der Waals surface area contributed by atoms with Crippen molar-refractivity contribution in [1.82, 2.24) is 9.97 Å². The number of thiazole rings is 2. The largest absolute Gasteiger partial charge is 0.494 e. The molecule has 1 amide bonds. The SMILES string of the molecule is COc1ccc(-c2csc(N)n2)c2sc(NC(=O)O)nc12. The first-order chi connectivity index (χ1) is 10.1. The van der Waals surface area contributed by atoms with Gasteiger partial charge in [0.15, 0.2) is 10.3 Å². The van der Waals surface area contributed by atoms with Gasteiger partial charge in [0.05, 0.1) is 17.5 Å². The maximum Gasteiger partial charge on any atom is 0.410 e. The van der Waals surface area contributed by atoms with Gasteiger partial charge in [-0.15, -0.1) is 11.3 Å². The summed E-state index contributed by atoms with van der Waals surface area (Å²) in [5.41, 5.74) is 7.83. The molecule has 0 fully saturated rings. The summed E-state index contributed by atoms with van der Waals surface area (Å²) in [4.78, 5) is 19.3. The molecule has 0 saturated carbocycles. The maximum atomic E-state index is 10.8. The van der Waals surface area contributed by atoms with Crippen molar-refractivity contribution in [3.8, 4) is 17.0 Å². The molecule has 0 aliphatic heterocycles. The highest BCUT2D eigenvalue weighted by atomic mass is 32.1. The molecule has 0 bridgehead atoms. The van der Waals surface area contributed by atoms with Crippen LogP contribution in [0.1, 0.15) is 0 Å². The topological polar surface area (TPSA) is 110 Å². The maximum absolute atomic E-state index is 10.8. The van der Waals surface area contributed by atoms with Gasteiger partial charge in [-0.05, 0) is 12.1 Å². The van der Waals surface area contributed by atoms with Gasteiger partial charge in [-0.2, -0.15) is 0 Å². The number of anilines is 2. The first-order valence-electron chi connectivity index (χ1n) is 5.77. The van der Waals surface area contributed by atoms with E-state index in [-0.39, 0.29) is 5.13 Å². The lowest BCUT2D eigenvalue weighted by molar-refractivity contribution is 0.209. The number of hydrogen-bond acceptors (Lipinski definition) is 7. The van der Waals surface area contributed by atoms with Crippen LogP contribution in [-0.2, 0) is 0 Å². The smallest absolute Gasteiger partial charge is 0.410 e. The number of amides is 1. The minimum absolute atomic E-state index is 0.284. The zero-order chi connectivity index (χ0) is 15.0. The van der Waals surface area contributed by atoms with Crippen LogP contribution < -0.4 is 15.8 Å². The number of benzene rings is 1. The molecule has 0 unspecified atom stereocenters. The summed E-state index contributed by atoms with van der Waals surface area (Å²) >= 11 is 2.57. The molecule has 0 aliphatic carbocycles. The average molecular weight is 322 g/mol. The number of nitrogens with two attached hydrogens (primary N) is 1. The Kier molecular flexibility index (Phi) is 3.35. The molecule has 0 saturated heterocycles. The molecule has 3 aromatic rings. The van der Waals surface area contributed by atoms with E-state index in [1.54, 1.807) is 13.2 Å². The van der Waals surface area contributed by atoms with Crippen molar-refractivity contribution < 1.29 is 14.6 Å². The summed E-state index contributed by atoms with van der Waals surface area (Å²) in [5, 5.41) is 13.7. The molecule has 9 heteroatoms. The van der Waals surface area contributed by atoms with Gasteiger partial charge in [0.1, 0.15) is 11.3 Å². The van der Waals surface area contributed by atoms with E-state index in [0.29, 0.717) is 16.4 Å². The van der Waals surface area contributed by atoms with E-state index in [4.69, 9.17) is 15.6 Å². The highest BCUT2D eigenvalue weighted by Crippen LogP contribution is 2.39. The van der Waals surface area contributed by atoms with Crippen LogP contribution in [0, 0.1) is 0 Å². The summed E-state index contributed by atoms with van der Waals surface area (Å²) in [6.07, 6.45) is -1.16. The fourth-order valence-corrected chi connectivity index (χ4v) is 3.46. The zero-order valence-corrected chi connectivity index (χ0v) is 12.4. The number of nitrogens with one attached hydrogen (secondary N) is 1. The van der Waals surface area contributed by atoms with Crippen molar-refractivity contribution in [1.29, 1.82) is 0 Å². The zero-order valence-electron chi connectivity index (χ0n) is 10.8. The first kappa shape index (κ1) is 13.6. The van der Waals surface area contributed by atoms with Gasteiger partial charge in [0, 0.05) is 10.9 Å². The summed E-state index contributed by atoms with van der Waals surface area (Å²) in [7, 11) is 1.54. The van der Waals surface area contributed by atoms with Gasteiger partial charge in [0.2, 0.25) is 0 Å². The van der Waals surface area contributed by atoms with Crippen LogP contribution in [0.3, 0.4) is 0 Å². The molecule has 2 aromatic heterocycles. The molecule has 2 heterocycles. The van der Waals surface area contributed by atoms with Gasteiger partial charge in [-0.3, -0.25) is 5.32 Å². The van der Waals surface area contributed by atoms with E-state index in [1.807, 2.05) is 11.4 Å². The van der Waals surface area contributed by atoms with E-state index in [9.17, 15) is 4.79 Å². The minimum atomic E-state index is -1.16. The van der Waals surface area contributed by atoms with Crippen molar-refractivity contribution in [2.24, 2.45) is 0 Å². The third kappa shape index (κ3) is 2.48. The predicted molar refractivity (Wildman–Crippen MR) is 83.3 cm³/mol. The summed E-state index contributed by atoms with van der Waals surface area (Å²) < 4.78 is 6.06. The quantitative estimate of drug-likeness (QED) is 0.683. The molecule has 1 aromatic carbocycles. The number of rotatable bonds is 3. The minimum Gasteiger partial charge on any atom is -0.494 e. The standard InChI is InChI=1S/C12H10N4O3S2/c1-19-7-3-2-5(6-4-20-10(13)14-6)9-8(7)15-11(21-9)16-12(17)18/h2-4H,1H3,(H2,13,14)(H,15,16)(H,17,18). The average Bonchev–Trinajstić information content (AvgIpc) is 3.02. The molecule has 0 spiro atoms. The number of hydrogen-bond donors (Lipinski definition) is 3. The lowest BCUT2D eigenvalue weighted by Gasteiger charge is -2.03. The second-order valence-corrected chi connectivity index (χ2v) is 5.90. The Morgan fingerprint density at radius 2 is 2.24 bits per heavy atom. The summed E-state index contributed by atoms with van der Waals surface area (Å²) in [5.74, 6) is 0.576. The van der Waals surface area contributed by atoms with Crippen molar-refractivity contribution in [2.75, 3.05) is 18.2 Å². The van der Waals surface area contributed by atoms with Gasteiger partial charge >= 0.3 is 6.09 Å². The van der Waals surface area contributed by atoms with E-state index in [2.05, 4.69) is 15.3 Å². The third-order valence-corrected chi connectivity index (χ3v) is 4.42. The second-order valence-electron chi connectivity index (χ2n) is 4.01. The molecule has 0 radical (unpaired) electrons. The van der Waals surface area contributed by atoms with Gasteiger partial charge in [-0.25, -0.2) is 14.8 Å². The Labute approximate surface area is 127 Å². The highest BCUT2D eigenvalue weighted by Gasteiger charge is 2.16. The molecular weight excluding hydrogens is 312 g/mol. The number of carbonyl (C=O) groups is 1. The van der Waals surface area contributed by atoms with Crippen LogP contribution in [-0.4, -0.2) is 28.3 Å². The predicted octanol–water partition coefficient (Wildman–Crippen LogP) is 3.10. The Morgan fingerprint density at radius 1 is 1.43 bits per heavy atom. The normalized spacial score (nSPS) is 10.7. The van der Waals surface area contributed by atoms with Crippen molar-refractivity contribution in [2.45, 2.75) is 0 Å². The lowest BCUT2D eigenvalue weighted by Crippen LogP contribution is -2.06. The van der Waals surface area contributed by atoms with Crippen molar-refractivity contribution >= 4 is 49.2 Å². The molecule has 7 nitrogen and oxygen atoms in total. The van der Waals surface area contributed by atoms with Crippen LogP contribution in [0.2, 0.25) is 0 Å². The van der Waals surface area contributed by atoms with Crippen LogP contribution in [0.4, 0.5) is 15.1 Å². The molecule has 0 atom stereocenters. The van der Waals surface area contributed by atoms with E-state index >= 15 is 0 Å². The second kappa shape index (κ2) is 5.19. The number of nitrogen functional groups attached to an aromatic ring is 1. The Balaban J connectivity index is 2.21. The number of nitrogens with zero attached hydrogens (tertiary/aromatic N) is 2. The molecule has 3 rings (SSSR count). The molecule has 21 heavy (non-hydrogen) atoms. The van der Waals surface area contributed by atoms with Crippen LogP contribution in [0.5, 0.6) is 5.75 Å². The van der Waals surface area contributed by atoms with Crippen LogP contribution >= 0.6 is 22.7 Å². The van der Waals surface area contributed by atoms with E-state index in [1.165, 1.54) is 22.7 Å². The van der Waals surface area contributed by atoms with E-state index < -0.39 is 6.09 Å². The number of methoxy groups -OCH3 is 1. The number of carboxylic acid groups (broad SMARTS) is 1. The highest BCUT2D eigenvalue weighted by molar-refractivity contribution is 7.23. The molecule has 0 aliphatic rings. The summed E-state index contributed by atoms with van der Waals surface area (Å²) in [6, 6.07) is 3.63. The number of ether oxygens (including phenoxy) is 1. The third-order valence-electron chi connectivity index (χ3n) is 2.74. The lowest BCUT2D eigenvalue weighted by atomic mass is 10.1. The molecular formula is C12H10N4O3S2. The Hall–Kier alpha value is -2.39. The van der Waals surface area contributed by atoms with E-state index in [0.717, 1.165) is 16.0 Å². The monoisotopic (exact) mass is 322 g/mol.